The van der Waals surface area contributed by atoms with Crippen molar-refractivity contribution in [3.8, 4) is 11.5 Å². The molecule has 57 heavy (non-hydrogen) atoms. The van der Waals surface area contributed by atoms with Crippen LogP contribution >= 0.6 is 0 Å². The summed E-state index contributed by atoms with van der Waals surface area (Å²) < 4.78 is 40.3. The summed E-state index contributed by atoms with van der Waals surface area (Å²) >= 11 is 0. The van der Waals surface area contributed by atoms with Crippen molar-refractivity contribution in [1.29, 1.82) is 0 Å². The van der Waals surface area contributed by atoms with Gasteiger partial charge >= 0.3 is 6.09 Å². The number of aryl methyl sites for hydroxylation is 2. The maximum Gasteiger partial charge on any atom is 0.408 e. The standard InChI is InChI=1S/C42H55N5O9S/c1-25-11-10-14-32(25)47(39(51)52)33-13-9-7-5-6-8-12-27-22-42(27,38(50)45-57(53,54)40(3)19-20-40)44-36(48)34-23-41(24-46(34)37(33)49)18-17-29-30-21-28(55-4)15-16-31(30)43-26(2)35(29)56-41/h8,12,15-16,21,25,27,32-34H,5-7,9-11,13-14,17-20,22-24H2,1-4H3,(H,44,48)(H,45,50)(H,51,52)/b12-8-/t25?,27-,32?,33+,34+,41-,42-/m1/s1. The van der Waals surface area contributed by atoms with Gasteiger partial charge in [-0.3, -0.25) is 24.0 Å². The maximum atomic E-state index is 15.2. The Kier molecular flexibility index (Phi) is 10.00. The number of hydrogen-bond acceptors (Lipinski definition) is 9. The summed E-state index contributed by atoms with van der Waals surface area (Å²) in [4.78, 5) is 64.9. The molecule has 6 aliphatic rings. The topological polar surface area (TPSA) is 185 Å². The number of pyridine rings is 1. The molecule has 8 rings (SSSR count). The van der Waals surface area contributed by atoms with Crippen LogP contribution in [0.3, 0.4) is 0 Å². The van der Waals surface area contributed by atoms with Crippen molar-refractivity contribution < 1.29 is 42.2 Å². The number of nitrogens with one attached hydrogen (secondary N) is 2. The summed E-state index contributed by atoms with van der Waals surface area (Å²) in [7, 11) is -2.40. The second kappa shape index (κ2) is 14.5. The number of benzene rings is 1. The summed E-state index contributed by atoms with van der Waals surface area (Å²) in [6.07, 6.45) is 10.4. The molecule has 1 saturated heterocycles. The largest absolute Gasteiger partial charge is 0.497 e. The Morgan fingerprint density at radius 1 is 1.09 bits per heavy atom. The summed E-state index contributed by atoms with van der Waals surface area (Å²) in [5.41, 5.74) is -0.119. The number of carboxylic acid groups (broad SMARTS) is 1. The lowest BCUT2D eigenvalue weighted by Gasteiger charge is -2.39. The van der Waals surface area contributed by atoms with Gasteiger partial charge in [0, 0.05) is 29.3 Å². The van der Waals surface area contributed by atoms with Gasteiger partial charge in [-0.25, -0.2) is 18.2 Å². The van der Waals surface area contributed by atoms with E-state index in [4.69, 9.17) is 14.5 Å². The highest BCUT2D eigenvalue weighted by molar-refractivity contribution is 7.91. The smallest absolute Gasteiger partial charge is 0.408 e. The second-order valence-electron chi connectivity index (χ2n) is 17.8. The predicted molar refractivity (Wildman–Crippen MR) is 211 cm³/mol. The number of sulfonamides is 1. The minimum Gasteiger partial charge on any atom is -0.497 e. The number of methoxy groups -OCH3 is 1. The zero-order valence-corrected chi connectivity index (χ0v) is 34.2. The molecule has 1 aromatic carbocycles. The molecule has 3 aliphatic heterocycles. The maximum absolute atomic E-state index is 15.2. The number of carbonyl (C=O) groups excluding carboxylic acids is 3. The van der Waals surface area contributed by atoms with E-state index in [1.165, 1.54) is 9.80 Å². The average molecular weight is 806 g/mol. The minimum atomic E-state index is -4.00. The molecule has 4 heterocycles. The highest BCUT2D eigenvalue weighted by Gasteiger charge is 2.64. The third-order valence-corrected chi connectivity index (χ3v) is 16.0. The summed E-state index contributed by atoms with van der Waals surface area (Å²) in [5.74, 6) is -0.942. The van der Waals surface area contributed by atoms with E-state index in [9.17, 15) is 27.9 Å². The monoisotopic (exact) mass is 805 g/mol. The van der Waals surface area contributed by atoms with E-state index in [0.29, 0.717) is 68.6 Å². The first-order valence-corrected chi connectivity index (χ1v) is 22.1. The minimum absolute atomic E-state index is 0.0262. The Hall–Kier alpha value is -4.40. The van der Waals surface area contributed by atoms with Gasteiger partial charge in [0.05, 0.1) is 29.6 Å². The molecular weight excluding hydrogens is 751 g/mol. The molecule has 7 atom stereocenters. The van der Waals surface area contributed by atoms with E-state index in [-0.39, 0.29) is 31.3 Å². The quantitative estimate of drug-likeness (QED) is 0.330. The van der Waals surface area contributed by atoms with Crippen LogP contribution in [0.5, 0.6) is 11.5 Å². The van der Waals surface area contributed by atoms with Gasteiger partial charge in [-0.2, -0.15) is 0 Å². The number of allylic oxidation sites excluding steroid dienone is 1. The summed E-state index contributed by atoms with van der Waals surface area (Å²) in [6.45, 7) is 5.53. The lowest BCUT2D eigenvalue weighted by atomic mass is 9.87. The van der Waals surface area contributed by atoms with Crippen LogP contribution in [0.25, 0.3) is 10.9 Å². The van der Waals surface area contributed by atoms with Gasteiger partial charge in [0.15, 0.2) is 0 Å². The van der Waals surface area contributed by atoms with Gasteiger partial charge in [-0.1, -0.05) is 38.3 Å². The van der Waals surface area contributed by atoms with Crippen LogP contribution in [0.1, 0.15) is 109 Å². The van der Waals surface area contributed by atoms with E-state index in [1.54, 1.807) is 14.0 Å². The van der Waals surface area contributed by atoms with Gasteiger partial charge in [-0.15, -0.1) is 0 Å². The summed E-state index contributed by atoms with van der Waals surface area (Å²) in [5, 5.41) is 14.6. The number of nitrogens with zero attached hydrogens (tertiary/aromatic N) is 3. The van der Waals surface area contributed by atoms with Crippen LogP contribution in [-0.4, -0.2) is 99.8 Å². The van der Waals surface area contributed by atoms with Crippen LogP contribution in [0.4, 0.5) is 4.79 Å². The van der Waals surface area contributed by atoms with Crippen molar-refractivity contribution in [2.24, 2.45) is 11.8 Å². The van der Waals surface area contributed by atoms with E-state index >= 15 is 4.79 Å². The zero-order chi connectivity index (χ0) is 40.5. The zero-order valence-electron chi connectivity index (χ0n) is 33.3. The highest BCUT2D eigenvalue weighted by Crippen LogP contribution is 2.49. The Labute approximate surface area is 334 Å². The van der Waals surface area contributed by atoms with E-state index in [0.717, 1.165) is 42.1 Å². The van der Waals surface area contributed by atoms with Crippen molar-refractivity contribution in [1.82, 2.24) is 24.8 Å². The number of carbonyl (C=O) groups is 4. The van der Waals surface area contributed by atoms with Crippen LogP contribution in [-0.2, 0) is 30.8 Å². The molecular formula is C42H55N5O9S. The van der Waals surface area contributed by atoms with Crippen molar-refractivity contribution in [3.63, 3.8) is 0 Å². The van der Waals surface area contributed by atoms with Gasteiger partial charge in [0.1, 0.15) is 34.7 Å². The number of aromatic nitrogens is 1. The molecule has 4 fully saturated rings. The number of fused-ring (bicyclic) bond motifs is 5. The number of ether oxygens (including phenoxy) is 2. The van der Waals surface area contributed by atoms with Crippen molar-refractivity contribution in [3.05, 3.63) is 41.6 Å². The fourth-order valence-electron chi connectivity index (χ4n) is 9.95. The molecule has 0 radical (unpaired) electrons. The first-order chi connectivity index (χ1) is 27.1. The molecule has 3 N–H and O–H groups in total. The van der Waals surface area contributed by atoms with Crippen LogP contribution in [0.2, 0.25) is 0 Å². The summed E-state index contributed by atoms with van der Waals surface area (Å²) in [6, 6.07) is 3.22. The molecule has 3 aliphatic carbocycles. The fourth-order valence-corrected chi connectivity index (χ4v) is 11.3. The number of rotatable bonds is 6. The van der Waals surface area contributed by atoms with Gasteiger partial charge in [-0.05, 0) is 102 Å². The number of hydrogen-bond donors (Lipinski definition) is 3. The lowest BCUT2D eigenvalue weighted by Crippen LogP contribution is -2.60. The molecule has 14 nitrogen and oxygen atoms in total. The Morgan fingerprint density at radius 2 is 1.88 bits per heavy atom. The van der Waals surface area contributed by atoms with Crippen molar-refractivity contribution in [2.45, 2.75) is 145 Å². The molecule has 3 saturated carbocycles. The Balaban J connectivity index is 1.17. The third kappa shape index (κ3) is 7.01. The number of amides is 4. The van der Waals surface area contributed by atoms with Crippen molar-refractivity contribution >= 4 is 44.7 Å². The predicted octanol–water partition coefficient (Wildman–Crippen LogP) is 5.15. The molecule has 308 valence electrons. The van der Waals surface area contributed by atoms with Gasteiger partial charge in [0.25, 0.3) is 5.91 Å². The van der Waals surface area contributed by atoms with Crippen LogP contribution in [0, 0.1) is 18.8 Å². The van der Waals surface area contributed by atoms with Gasteiger partial charge < -0.3 is 24.8 Å². The van der Waals surface area contributed by atoms with E-state index in [2.05, 4.69) is 10.0 Å². The molecule has 2 unspecified atom stereocenters. The van der Waals surface area contributed by atoms with Crippen molar-refractivity contribution in [2.75, 3.05) is 13.7 Å². The molecule has 15 heteroatoms. The first kappa shape index (κ1) is 39.4. The lowest BCUT2D eigenvalue weighted by molar-refractivity contribution is -0.144. The highest BCUT2D eigenvalue weighted by atomic mass is 32.2. The SMILES string of the molecule is COc1ccc2nc(C)c3c(c2c1)CC[C@]1(C[C@H]2C(=O)N[C@]4(C(=O)NS(=O)(=O)C5(C)CC5)C[C@H]4/C=C\CCCCC[C@H](N(C(=O)O)C4CCCC4C)C(=O)N2C1)O3. The first-order valence-electron chi connectivity index (χ1n) is 20.6. The van der Waals surface area contributed by atoms with E-state index in [1.807, 2.05) is 44.2 Å². The normalized spacial score (nSPS) is 32.8. The van der Waals surface area contributed by atoms with E-state index < -0.39 is 67.7 Å². The van der Waals surface area contributed by atoms with Gasteiger partial charge in [0.2, 0.25) is 21.8 Å². The molecule has 1 aromatic heterocycles. The van der Waals surface area contributed by atoms with Crippen LogP contribution in [0.15, 0.2) is 30.4 Å². The van der Waals surface area contributed by atoms with Crippen LogP contribution < -0.4 is 19.5 Å². The second-order valence-corrected chi connectivity index (χ2v) is 20.0. The molecule has 4 amide bonds. The molecule has 0 bridgehead atoms. The molecule has 2 aromatic rings. The Bertz CT molecular complexity index is 2140. The molecule has 1 spiro atoms. The fraction of sp³-hybridized carbons (Fsp3) is 0.643. The average Bonchev–Trinajstić information content (AvgIpc) is 4.00. The third-order valence-electron chi connectivity index (χ3n) is 13.9. The Morgan fingerprint density at radius 3 is 2.58 bits per heavy atom.